The molecule has 1 saturated carbocycles. The second-order valence-electron chi connectivity index (χ2n) is 4.31. The van der Waals surface area contributed by atoms with Crippen LogP contribution in [-0.2, 0) is 4.74 Å². The molecule has 1 aliphatic rings. The summed E-state index contributed by atoms with van der Waals surface area (Å²) < 4.78 is 5.97. The van der Waals surface area contributed by atoms with Crippen molar-refractivity contribution in [2.75, 3.05) is 11.9 Å². The van der Waals surface area contributed by atoms with Gasteiger partial charge in [0.25, 0.3) is 5.69 Å². The summed E-state index contributed by atoms with van der Waals surface area (Å²) >= 11 is 3.17. The molecule has 0 aromatic heterocycles. The first-order valence-electron chi connectivity index (χ1n) is 5.92. The van der Waals surface area contributed by atoms with Crippen LogP contribution in [0.2, 0.25) is 0 Å². The van der Waals surface area contributed by atoms with Crippen molar-refractivity contribution in [1.82, 2.24) is 0 Å². The maximum Gasteiger partial charge on any atom is 0.285 e. The van der Waals surface area contributed by atoms with Gasteiger partial charge in [-0.3, -0.25) is 10.1 Å². The topological polar surface area (TPSA) is 64.4 Å². The lowest BCUT2D eigenvalue weighted by atomic mass is 9.89. The quantitative estimate of drug-likeness (QED) is 0.668. The van der Waals surface area contributed by atoms with Gasteiger partial charge in [0, 0.05) is 24.4 Å². The maximum absolute atomic E-state index is 10.8. The number of ether oxygens (including phenoxy) is 1. The zero-order valence-corrected chi connectivity index (χ0v) is 11.6. The number of rotatable bonds is 5. The van der Waals surface area contributed by atoms with Crippen LogP contribution >= 0.6 is 15.9 Å². The van der Waals surface area contributed by atoms with E-state index in [9.17, 15) is 10.1 Å². The lowest BCUT2D eigenvalue weighted by Gasteiger charge is -2.36. The number of halogens is 1. The van der Waals surface area contributed by atoms with Crippen molar-refractivity contribution in [3.05, 3.63) is 32.8 Å². The molecule has 1 N–H and O–H groups in total. The number of hydrogen-bond donors (Lipinski definition) is 1. The summed E-state index contributed by atoms with van der Waals surface area (Å²) in [5.41, 5.74) is 0.866. The van der Waals surface area contributed by atoms with Crippen LogP contribution in [0.25, 0.3) is 0 Å². The molecule has 18 heavy (non-hydrogen) atoms. The molecule has 1 fully saturated rings. The van der Waals surface area contributed by atoms with Crippen LogP contribution in [0.15, 0.2) is 22.7 Å². The third-order valence-electron chi connectivity index (χ3n) is 3.01. The molecule has 0 radical (unpaired) electrons. The molecule has 6 heteroatoms. The Bertz CT molecular complexity index is 447. The molecular formula is C12H15BrN2O3. The zero-order chi connectivity index (χ0) is 13.1. The summed E-state index contributed by atoms with van der Waals surface area (Å²) in [5.74, 6) is 0. The Morgan fingerprint density at radius 1 is 1.56 bits per heavy atom. The number of nitro groups is 1. The minimum absolute atomic E-state index is 0.0840. The Morgan fingerprint density at radius 2 is 2.28 bits per heavy atom. The van der Waals surface area contributed by atoms with Gasteiger partial charge in [-0.1, -0.05) is 0 Å². The SMILES string of the molecule is CCOC1CC(Nc2ccc(Br)c([N+](=O)[O-])c2)C1. The fraction of sp³-hybridized carbons (Fsp3) is 0.500. The third-order valence-corrected chi connectivity index (χ3v) is 3.68. The van der Waals surface area contributed by atoms with Gasteiger partial charge in [-0.15, -0.1) is 0 Å². The second kappa shape index (κ2) is 5.67. The van der Waals surface area contributed by atoms with E-state index >= 15 is 0 Å². The Kier molecular flexibility index (Phi) is 4.19. The van der Waals surface area contributed by atoms with Gasteiger partial charge in [0.05, 0.1) is 15.5 Å². The summed E-state index contributed by atoms with van der Waals surface area (Å²) in [6, 6.07) is 5.44. The first kappa shape index (κ1) is 13.3. The second-order valence-corrected chi connectivity index (χ2v) is 5.17. The highest BCUT2D eigenvalue weighted by Gasteiger charge is 2.29. The largest absolute Gasteiger partial charge is 0.382 e. The van der Waals surface area contributed by atoms with Gasteiger partial charge in [-0.25, -0.2) is 0 Å². The first-order valence-corrected chi connectivity index (χ1v) is 6.71. The number of benzene rings is 1. The van der Waals surface area contributed by atoms with Crippen molar-refractivity contribution in [1.29, 1.82) is 0 Å². The first-order chi connectivity index (χ1) is 8.60. The average Bonchev–Trinajstić information content (AvgIpc) is 2.28. The molecule has 2 rings (SSSR count). The zero-order valence-electron chi connectivity index (χ0n) is 10.1. The van der Waals surface area contributed by atoms with Crippen LogP contribution in [0.1, 0.15) is 19.8 Å². The monoisotopic (exact) mass is 314 g/mol. The van der Waals surface area contributed by atoms with Gasteiger partial charge < -0.3 is 10.1 Å². The van der Waals surface area contributed by atoms with E-state index in [1.165, 1.54) is 0 Å². The van der Waals surface area contributed by atoms with Crippen LogP contribution < -0.4 is 5.32 Å². The van der Waals surface area contributed by atoms with Gasteiger partial charge in [0.2, 0.25) is 0 Å². The summed E-state index contributed by atoms with van der Waals surface area (Å²) in [4.78, 5) is 10.4. The van der Waals surface area contributed by atoms with Gasteiger partial charge in [0.15, 0.2) is 0 Å². The molecule has 1 aromatic carbocycles. The lowest BCUT2D eigenvalue weighted by Crippen LogP contribution is -2.40. The van der Waals surface area contributed by atoms with E-state index in [1.54, 1.807) is 12.1 Å². The molecule has 0 saturated heterocycles. The number of nitro benzene ring substituents is 1. The highest BCUT2D eigenvalue weighted by molar-refractivity contribution is 9.10. The van der Waals surface area contributed by atoms with Crippen LogP contribution in [0.4, 0.5) is 11.4 Å². The Hall–Kier alpha value is -1.14. The molecule has 0 aliphatic heterocycles. The number of anilines is 1. The predicted molar refractivity (Wildman–Crippen MR) is 72.9 cm³/mol. The molecular weight excluding hydrogens is 300 g/mol. The van der Waals surface area contributed by atoms with E-state index in [1.807, 2.05) is 13.0 Å². The Balaban J connectivity index is 1.95. The fourth-order valence-corrected chi connectivity index (χ4v) is 2.42. The molecule has 0 amide bonds. The summed E-state index contributed by atoms with van der Waals surface area (Å²) in [6.45, 7) is 2.72. The summed E-state index contributed by atoms with van der Waals surface area (Å²) in [6.07, 6.45) is 2.24. The van der Waals surface area contributed by atoms with Gasteiger partial charge >= 0.3 is 0 Å². The third kappa shape index (κ3) is 3.00. The fourth-order valence-electron chi connectivity index (χ4n) is 2.03. The van der Waals surface area contributed by atoms with Crippen molar-refractivity contribution in [2.24, 2.45) is 0 Å². The minimum atomic E-state index is -0.390. The standard InChI is InChI=1S/C12H15BrN2O3/c1-2-18-10-5-9(6-10)14-8-3-4-11(13)12(7-8)15(16)17/h3-4,7,9-10,14H,2,5-6H2,1H3. The van der Waals surface area contributed by atoms with Crippen LogP contribution in [0.5, 0.6) is 0 Å². The highest BCUT2D eigenvalue weighted by atomic mass is 79.9. The molecule has 0 heterocycles. The van der Waals surface area contributed by atoms with Crippen molar-refractivity contribution < 1.29 is 9.66 Å². The van der Waals surface area contributed by atoms with E-state index in [0.29, 0.717) is 16.6 Å². The van der Waals surface area contributed by atoms with Crippen molar-refractivity contribution in [2.45, 2.75) is 31.9 Å². The highest BCUT2D eigenvalue weighted by Crippen LogP contribution is 2.31. The van der Waals surface area contributed by atoms with Crippen molar-refractivity contribution in [3.63, 3.8) is 0 Å². The van der Waals surface area contributed by atoms with Gasteiger partial charge in [-0.2, -0.15) is 0 Å². The average molecular weight is 315 g/mol. The van der Waals surface area contributed by atoms with E-state index in [4.69, 9.17) is 4.74 Å². The van der Waals surface area contributed by atoms with Gasteiger partial charge in [0.1, 0.15) is 0 Å². The summed E-state index contributed by atoms with van der Waals surface area (Å²) in [5, 5.41) is 14.1. The number of hydrogen-bond acceptors (Lipinski definition) is 4. The van der Waals surface area contributed by atoms with E-state index in [-0.39, 0.29) is 10.6 Å². The van der Waals surface area contributed by atoms with Crippen LogP contribution in [0, 0.1) is 10.1 Å². The van der Waals surface area contributed by atoms with Crippen LogP contribution in [0.3, 0.4) is 0 Å². The molecule has 0 spiro atoms. The molecule has 5 nitrogen and oxygen atoms in total. The predicted octanol–water partition coefficient (Wildman–Crippen LogP) is 3.34. The molecule has 0 atom stereocenters. The van der Waals surface area contributed by atoms with Crippen molar-refractivity contribution >= 4 is 27.3 Å². The van der Waals surface area contributed by atoms with E-state index in [0.717, 1.165) is 25.1 Å². The normalized spacial score (nSPS) is 22.3. The maximum atomic E-state index is 10.8. The molecule has 98 valence electrons. The number of nitrogens with one attached hydrogen (secondary N) is 1. The Morgan fingerprint density at radius 3 is 2.89 bits per heavy atom. The smallest absolute Gasteiger partial charge is 0.285 e. The van der Waals surface area contributed by atoms with E-state index < -0.39 is 0 Å². The lowest BCUT2D eigenvalue weighted by molar-refractivity contribution is -0.385. The molecule has 1 aromatic rings. The van der Waals surface area contributed by atoms with Crippen molar-refractivity contribution in [3.8, 4) is 0 Å². The molecule has 0 unspecified atom stereocenters. The van der Waals surface area contributed by atoms with E-state index in [2.05, 4.69) is 21.2 Å². The van der Waals surface area contributed by atoms with Gasteiger partial charge in [-0.05, 0) is 47.8 Å². The number of nitrogens with zero attached hydrogens (tertiary/aromatic N) is 1. The molecule has 0 bridgehead atoms. The Labute approximate surface area is 114 Å². The van der Waals surface area contributed by atoms with Crippen LogP contribution in [-0.4, -0.2) is 23.7 Å². The summed E-state index contributed by atoms with van der Waals surface area (Å²) in [7, 11) is 0. The molecule has 1 aliphatic carbocycles. The minimum Gasteiger partial charge on any atom is -0.382 e.